The molecule has 4 N–H and O–H groups in total. The van der Waals surface area contributed by atoms with Crippen molar-refractivity contribution in [3.8, 4) is 0 Å². The first kappa shape index (κ1) is 33.9. The largest absolute Gasteiger partial charge is 0.474 e. The minimum atomic E-state index is -4.21. The lowest BCUT2D eigenvalue weighted by atomic mass is 9.91. The second kappa shape index (κ2) is 13.8. The van der Waals surface area contributed by atoms with Gasteiger partial charge in [0.15, 0.2) is 16.0 Å². The Kier molecular flexibility index (Phi) is 11.4. The smallest absolute Gasteiger partial charge is 0.387 e. The fraction of sp³-hybridized carbons (Fsp3) is 0.680. The number of aliphatic hydroxyl groups excluding tert-OH is 1. The van der Waals surface area contributed by atoms with Crippen molar-refractivity contribution in [1.29, 1.82) is 0 Å². The highest BCUT2D eigenvalue weighted by molar-refractivity contribution is 8.14. The summed E-state index contributed by atoms with van der Waals surface area (Å²) in [5.41, 5.74) is 4.51. The Morgan fingerprint density at radius 2 is 1.83 bits per heavy atom. The fourth-order valence-corrected chi connectivity index (χ4v) is 6.74. The predicted molar refractivity (Wildman–Crippen MR) is 156 cm³/mol. The van der Waals surface area contributed by atoms with Gasteiger partial charge in [0, 0.05) is 22.8 Å². The third-order valence-electron chi connectivity index (χ3n) is 6.20. The first-order valence-electron chi connectivity index (χ1n) is 13.1. The van der Waals surface area contributed by atoms with Gasteiger partial charge in [-0.25, -0.2) is 14.1 Å². The van der Waals surface area contributed by atoms with Crippen molar-refractivity contribution >= 4 is 52.9 Å². The summed E-state index contributed by atoms with van der Waals surface area (Å²) in [5.74, 6) is 0.490. The Bertz CT molecular complexity index is 1270. The van der Waals surface area contributed by atoms with Gasteiger partial charge in [-0.05, 0) is 19.1 Å². The summed E-state index contributed by atoms with van der Waals surface area (Å²) in [6.45, 7) is 9.67. The summed E-state index contributed by atoms with van der Waals surface area (Å²) in [5, 5.41) is 26.2. The highest BCUT2D eigenvalue weighted by atomic mass is 32.2. The average molecular weight is 635 g/mol. The first-order chi connectivity index (χ1) is 19.1. The molecule has 5 atom stereocenters. The molecule has 41 heavy (non-hydrogen) atoms. The zero-order valence-electron chi connectivity index (χ0n) is 24.0. The third kappa shape index (κ3) is 8.52. The van der Waals surface area contributed by atoms with Crippen molar-refractivity contribution in [2.45, 2.75) is 65.5 Å². The maximum Gasteiger partial charge on any atom is 0.474 e. The number of carbonyl (C=O) groups excluding carboxylic acids is 2. The van der Waals surface area contributed by atoms with Gasteiger partial charge in [0.25, 0.3) is 0 Å². The van der Waals surface area contributed by atoms with Crippen LogP contribution in [0.25, 0.3) is 5.52 Å². The molecule has 230 valence electrons. The summed E-state index contributed by atoms with van der Waals surface area (Å²) in [4.78, 5) is 28.1. The number of nitrogen functional groups attached to an aromatic ring is 1. The summed E-state index contributed by atoms with van der Waals surface area (Å²) in [6, 6.07) is 3.32. The van der Waals surface area contributed by atoms with Crippen molar-refractivity contribution in [1.82, 2.24) is 14.6 Å². The molecule has 3 rings (SSSR count). The van der Waals surface area contributed by atoms with Crippen LogP contribution in [0.4, 0.5) is 5.82 Å². The normalized spacial score (nSPS) is 24.7. The number of aliphatic hydroxyl groups is 2. The topological polar surface area (TPSA) is 185 Å². The van der Waals surface area contributed by atoms with Gasteiger partial charge in [-0.1, -0.05) is 58.1 Å². The Balaban J connectivity index is 1.68. The molecule has 2 aromatic heterocycles. The fourth-order valence-electron chi connectivity index (χ4n) is 3.82. The van der Waals surface area contributed by atoms with E-state index >= 15 is 0 Å². The van der Waals surface area contributed by atoms with Crippen LogP contribution in [-0.4, -0.2) is 84.2 Å². The Morgan fingerprint density at radius 1 is 1.20 bits per heavy atom. The molecule has 0 radical (unpaired) electrons. The Morgan fingerprint density at radius 3 is 2.44 bits per heavy atom. The molecule has 16 heteroatoms. The summed E-state index contributed by atoms with van der Waals surface area (Å²) >= 11 is 2.08. The van der Waals surface area contributed by atoms with Crippen LogP contribution in [0, 0.1) is 11.3 Å². The Labute approximate surface area is 247 Å². The van der Waals surface area contributed by atoms with Crippen LogP contribution >= 0.6 is 31.3 Å². The predicted octanol–water partition coefficient (Wildman–Crippen LogP) is 3.24. The van der Waals surface area contributed by atoms with E-state index in [9.17, 15) is 24.4 Å². The van der Waals surface area contributed by atoms with Gasteiger partial charge in [-0.15, -0.1) is 0 Å². The molecule has 3 heterocycles. The van der Waals surface area contributed by atoms with Crippen LogP contribution in [0.15, 0.2) is 18.5 Å². The molecular weight excluding hydrogens is 595 g/mol. The van der Waals surface area contributed by atoms with E-state index in [0.29, 0.717) is 11.2 Å². The number of ether oxygens (including phenoxy) is 1. The molecule has 0 amide bonds. The highest BCUT2D eigenvalue weighted by Crippen LogP contribution is 2.51. The number of rotatable bonds is 13. The van der Waals surface area contributed by atoms with Crippen molar-refractivity contribution < 1.29 is 42.7 Å². The van der Waals surface area contributed by atoms with Crippen molar-refractivity contribution in [2.24, 2.45) is 11.3 Å². The van der Waals surface area contributed by atoms with E-state index in [-0.39, 0.29) is 46.7 Å². The zero-order valence-corrected chi connectivity index (χ0v) is 26.5. The van der Waals surface area contributed by atoms with Gasteiger partial charge in [0.1, 0.15) is 35.8 Å². The second-order valence-corrected chi connectivity index (χ2v) is 14.9. The molecule has 1 fully saturated rings. The van der Waals surface area contributed by atoms with E-state index < -0.39 is 43.8 Å². The number of phosphoric acid groups is 1. The summed E-state index contributed by atoms with van der Waals surface area (Å²) in [7, 11) is -4.21. The summed E-state index contributed by atoms with van der Waals surface area (Å²) in [6.07, 6.45) is -2.33. The van der Waals surface area contributed by atoms with Gasteiger partial charge in [0.2, 0.25) is 0 Å². The number of hydrogen-bond donors (Lipinski definition) is 3. The third-order valence-corrected chi connectivity index (χ3v) is 10.0. The van der Waals surface area contributed by atoms with E-state index in [0.717, 1.165) is 23.5 Å². The van der Waals surface area contributed by atoms with Crippen LogP contribution in [0.2, 0.25) is 0 Å². The quantitative estimate of drug-likeness (QED) is 0.215. The van der Waals surface area contributed by atoms with E-state index in [2.05, 4.69) is 10.1 Å². The van der Waals surface area contributed by atoms with Crippen LogP contribution in [0.1, 0.15) is 53.3 Å². The minimum absolute atomic E-state index is 0.0388. The monoisotopic (exact) mass is 634 g/mol. The first-order valence-corrected chi connectivity index (χ1v) is 16.5. The molecule has 0 bridgehead atoms. The van der Waals surface area contributed by atoms with E-state index in [1.54, 1.807) is 46.8 Å². The van der Waals surface area contributed by atoms with Crippen molar-refractivity contribution in [3.05, 3.63) is 24.2 Å². The second-order valence-electron chi connectivity index (χ2n) is 11.0. The number of thioether (sulfide) groups is 2. The van der Waals surface area contributed by atoms with E-state index in [1.165, 1.54) is 17.8 Å². The molecule has 1 unspecified atom stereocenters. The molecule has 1 aliphatic rings. The van der Waals surface area contributed by atoms with Crippen LogP contribution in [0.5, 0.6) is 0 Å². The van der Waals surface area contributed by atoms with Crippen LogP contribution < -0.4 is 5.73 Å². The molecule has 0 aromatic carbocycles. The van der Waals surface area contributed by atoms with E-state index in [4.69, 9.17) is 24.0 Å². The molecule has 1 aliphatic heterocycles. The molecule has 1 saturated heterocycles. The van der Waals surface area contributed by atoms with Gasteiger partial charge in [-0.2, -0.15) is 5.10 Å². The maximum absolute atomic E-state index is 13.5. The number of phosphoric ester groups is 1. The lowest BCUT2D eigenvalue weighted by molar-refractivity contribution is -0.117. The summed E-state index contributed by atoms with van der Waals surface area (Å²) < 4.78 is 37.4. The lowest BCUT2D eigenvalue weighted by Gasteiger charge is -2.26. The lowest BCUT2D eigenvalue weighted by Crippen LogP contribution is -2.43. The van der Waals surface area contributed by atoms with Crippen molar-refractivity contribution in [3.63, 3.8) is 0 Å². The molecule has 13 nitrogen and oxygen atoms in total. The zero-order chi connectivity index (χ0) is 30.6. The number of fused-ring (bicyclic) bond motifs is 1. The van der Waals surface area contributed by atoms with E-state index in [1.807, 2.05) is 0 Å². The number of carbonyl (C=O) groups is 2. The number of hydrogen-bond acceptors (Lipinski definition) is 14. The van der Waals surface area contributed by atoms with Crippen LogP contribution in [-0.2, 0) is 32.5 Å². The Hall–Kier alpha value is -1.55. The maximum atomic E-state index is 13.5. The SMILES string of the molecule is CC(C)C(=O)SCCOP(=O)(OCCSC(=O)C(C)(C)C)OC[C@H]1O[C@@H](c2ccc3c(N)ncnn23)[C@](C)(O)[C@@H]1O. The van der Waals surface area contributed by atoms with Gasteiger partial charge in [-0.3, -0.25) is 23.2 Å². The van der Waals surface area contributed by atoms with Crippen molar-refractivity contribution in [2.75, 3.05) is 37.1 Å². The molecular formula is C25H39N4O9PS2. The number of nitrogens with two attached hydrogens (primary N) is 1. The number of anilines is 1. The van der Waals surface area contributed by atoms with Gasteiger partial charge >= 0.3 is 7.82 Å². The molecule has 0 aliphatic carbocycles. The van der Waals surface area contributed by atoms with Gasteiger partial charge in [0.05, 0.1) is 25.5 Å². The standard InChI is InChI=1S/C25H39N4O9PS2/c1-15(2)22(31)40-11-9-35-39(34,36-10-12-41-23(32)24(3,4)5)37-13-18-19(30)25(6,33)20(38-18)16-7-8-17-21(26)27-14-28-29(16)17/h7-8,14-15,18-20,30,33H,9-13H2,1-6H3,(H2,26,27,28)/t18-,19-,20+,25-,39?/m1/s1. The molecule has 0 saturated carbocycles. The molecule has 0 spiro atoms. The minimum Gasteiger partial charge on any atom is -0.387 e. The van der Waals surface area contributed by atoms with Crippen LogP contribution in [0.3, 0.4) is 0 Å². The number of nitrogens with zero attached hydrogens (tertiary/aromatic N) is 3. The van der Waals surface area contributed by atoms with Gasteiger partial charge < -0.3 is 20.7 Å². The average Bonchev–Trinajstić information content (AvgIpc) is 3.41. The highest BCUT2D eigenvalue weighted by Gasteiger charge is 2.54. The molecule has 2 aromatic rings. The number of aromatic nitrogens is 3.